The molecule has 1 fully saturated rings. The fourth-order valence-corrected chi connectivity index (χ4v) is 1.76. The van der Waals surface area contributed by atoms with Crippen molar-refractivity contribution in [3.05, 3.63) is 41.1 Å². The highest BCUT2D eigenvalue weighted by Gasteiger charge is 2.31. The van der Waals surface area contributed by atoms with E-state index >= 15 is 0 Å². The van der Waals surface area contributed by atoms with Gasteiger partial charge >= 0.3 is 6.03 Å². The summed E-state index contributed by atoms with van der Waals surface area (Å²) in [6, 6.07) is 7.36. The van der Waals surface area contributed by atoms with Crippen LogP contribution in [0.2, 0.25) is 0 Å². The average Bonchev–Trinajstić information content (AvgIpc) is 2.57. The van der Waals surface area contributed by atoms with E-state index in [1.807, 2.05) is 31.2 Å². The number of hydrogen-bond acceptors (Lipinski definition) is 2. The topological polar surface area (TPSA) is 49.4 Å². The molecular formula is C13H14N2O2. The molecule has 0 aliphatic carbocycles. The largest absolute Gasteiger partial charge is 0.328 e. The zero-order chi connectivity index (χ0) is 12.4. The molecule has 4 heteroatoms. The molecule has 17 heavy (non-hydrogen) atoms. The van der Waals surface area contributed by atoms with Crippen LogP contribution in [0.4, 0.5) is 4.79 Å². The predicted octanol–water partition coefficient (Wildman–Crippen LogP) is 1.91. The lowest BCUT2D eigenvalue weighted by atomic mass is 10.1. The molecule has 0 saturated carbocycles. The molecule has 1 aliphatic rings. The number of imide groups is 1. The number of carbonyl (C=O) groups is 2. The van der Waals surface area contributed by atoms with Gasteiger partial charge in [0.2, 0.25) is 0 Å². The Morgan fingerprint density at radius 3 is 2.59 bits per heavy atom. The van der Waals surface area contributed by atoms with Gasteiger partial charge in [-0.3, -0.25) is 9.69 Å². The van der Waals surface area contributed by atoms with Crippen molar-refractivity contribution in [1.29, 1.82) is 0 Å². The maximum absolute atomic E-state index is 11.8. The second kappa shape index (κ2) is 4.41. The minimum absolute atomic E-state index is 0.263. The van der Waals surface area contributed by atoms with E-state index in [2.05, 4.69) is 5.32 Å². The van der Waals surface area contributed by atoms with Crippen molar-refractivity contribution in [2.24, 2.45) is 0 Å². The Morgan fingerprint density at radius 1 is 1.29 bits per heavy atom. The van der Waals surface area contributed by atoms with Gasteiger partial charge in [-0.15, -0.1) is 0 Å². The third-order valence-electron chi connectivity index (χ3n) is 2.77. The average molecular weight is 230 g/mol. The number of aryl methyl sites for hydroxylation is 1. The lowest BCUT2D eigenvalue weighted by molar-refractivity contribution is -0.122. The summed E-state index contributed by atoms with van der Waals surface area (Å²) in [7, 11) is 0. The van der Waals surface area contributed by atoms with E-state index < -0.39 is 0 Å². The quantitative estimate of drug-likeness (QED) is 0.623. The monoisotopic (exact) mass is 230 g/mol. The minimum Gasteiger partial charge on any atom is -0.303 e. The van der Waals surface area contributed by atoms with E-state index in [0.717, 1.165) is 11.1 Å². The first-order valence-electron chi connectivity index (χ1n) is 5.53. The summed E-state index contributed by atoms with van der Waals surface area (Å²) in [6.07, 6.45) is 1.71. The summed E-state index contributed by atoms with van der Waals surface area (Å²) in [6.45, 7) is 4.12. The number of nitrogens with zero attached hydrogens (tertiary/aromatic N) is 1. The van der Waals surface area contributed by atoms with Gasteiger partial charge in [-0.25, -0.2) is 4.79 Å². The fourth-order valence-electron chi connectivity index (χ4n) is 1.76. The van der Waals surface area contributed by atoms with Crippen molar-refractivity contribution < 1.29 is 9.59 Å². The highest BCUT2D eigenvalue weighted by Crippen LogP contribution is 2.15. The van der Waals surface area contributed by atoms with Crippen LogP contribution in [0.1, 0.15) is 18.1 Å². The van der Waals surface area contributed by atoms with Gasteiger partial charge in [-0.2, -0.15) is 0 Å². The van der Waals surface area contributed by atoms with E-state index in [-0.39, 0.29) is 11.9 Å². The Labute approximate surface area is 99.9 Å². The van der Waals surface area contributed by atoms with Crippen LogP contribution in [-0.2, 0) is 4.79 Å². The maximum Gasteiger partial charge on any atom is 0.328 e. The van der Waals surface area contributed by atoms with Gasteiger partial charge in [0.05, 0.1) is 0 Å². The van der Waals surface area contributed by atoms with E-state index in [4.69, 9.17) is 0 Å². The number of nitrogens with one attached hydrogen (secondary N) is 1. The molecule has 1 heterocycles. The number of urea groups is 1. The highest BCUT2D eigenvalue weighted by atomic mass is 16.2. The van der Waals surface area contributed by atoms with Crippen LogP contribution in [0.5, 0.6) is 0 Å². The molecule has 4 nitrogen and oxygen atoms in total. The molecule has 1 N–H and O–H groups in total. The molecule has 0 spiro atoms. The molecule has 1 aromatic rings. The first kappa shape index (κ1) is 11.4. The minimum atomic E-state index is -0.350. The number of rotatable bonds is 2. The molecule has 0 radical (unpaired) electrons. The summed E-state index contributed by atoms with van der Waals surface area (Å²) < 4.78 is 0. The third-order valence-corrected chi connectivity index (χ3v) is 2.77. The van der Waals surface area contributed by atoms with Crippen molar-refractivity contribution in [3.63, 3.8) is 0 Å². The predicted molar refractivity (Wildman–Crippen MR) is 65.1 cm³/mol. The SMILES string of the molecule is CCN1C(=O)N/C(=C/c2ccccc2C)C1=O. The van der Waals surface area contributed by atoms with Crippen molar-refractivity contribution >= 4 is 18.0 Å². The number of benzene rings is 1. The highest BCUT2D eigenvalue weighted by molar-refractivity contribution is 6.13. The smallest absolute Gasteiger partial charge is 0.303 e. The van der Waals surface area contributed by atoms with Crippen LogP contribution >= 0.6 is 0 Å². The number of hydrogen-bond donors (Lipinski definition) is 1. The zero-order valence-corrected chi connectivity index (χ0v) is 9.86. The van der Waals surface area contributed by atoms with Gasteiger partial charge in [-0.1, -0.05) is 24.3 Å². The van der Waals surface area contributed by atoms with Crippen LogP contribution in [-0.4, -0.2) is 23.4 Å². The van der Waals surface area contributed by atoms with Crippen LogP contribution in [0.15, 0.2) is 30.0 Å². The molecule has 1 saturated heterocycles. The van der Waals surface area contributed by atoms with Gasteiger partial charge in [0.15, 0.2) is 0 Å². The number of carbonyl (C=O) groups excluding carboxylic acids is 2. The lowest BCUT2D eigenvalue weighted by Gasteiger charge is -2.06. The summed E-state index contributed by atoms with van der Waals surface area (Å²) >= 11 is 0. The second-order valence-electron chi connectivity index (χ2n) is 3.89. The zero-order valence-electron chi connectivity index (χ0n) is 9.86. The van der Waals surface area contributed by atoms with Gasteiger partial charge < -0.3 is 5.32 Å². The van der Waals surface area contributed by atoms with Crippen molar-refractivity contribution in [2.75, 3.05) is 6.54 Å². The molecule has 0 unspecified atom stereocenters. The fraction of sp³-hybridized carbons (Fsp3) is 0.231. The van der Waals surface area contributed by atoms with Crippen LogP contribution in [0.3, 0.4) is 0 Å². The van der Waals surface area contributed by atoms with E-state index in [0.29, 0.717) is 12.2 Å². The molecule has 0 bridgehead atoms. The van der Waals surface area contributed by atoms with Crippen molar-refractivity contribution in [1.82, 2.24) is 10.2 Å². The van der Waals surface area contributed by atoms with Crippen LogP contribution in [0, 0.1) is 6.92 Å². The molecule has 1 aromatic carbocycles. The molecule has 88 valence electrons. The lowest BCUT2D eigenvalue weighted by Crippen LogP contribution is -2.30. The summed E-state index contributed by atoms with van der Waals surface area (Å²) in [5.74, 6) is -0.263. The molecule has 2 rings (SSSR count). The standard InChI is InChI=1S/C13H14N2O2/c1-3-15-12(16)11(14-13(15)17)8-10-7-5-4-6-9(10)2/h4-8H,3H2,1-2H3,(H,14,17)/b11-8+. The van der Waals surface area contributed by atoms with Gasteiger partial charge in [-0.05, 0) is 31.1 Å². The Balaban J connectivity index is 2.34. The summed E-state index contributed by atoms with van der Waals surface area (Å²) in [4.78, 5) is 24.5. The third kappa shape index (κ3) is 2.06. The Morgan fingerprint density at radius 2 is 2.00 bits per heavy atom. The molecule has 0 atom stereocenters. The second-order valence-corrected chi connectivity index (χ2v) is 3.89. The van der Waals surface area contributed by atoms with Gasteiger partial charge in [0.1, 0.15) is 5.70 Å². The van der Waals surface area contributed by atoms with Gasteiger partial charge in [0, 0.05) is 6.54 Å². The van der Waals surface area contributed by atoms with Crippen LogP contribution < -0.4 is 5.32 Å². The van der Waals surface area contributed by atoms with E-state index in [1.54, 1.807) is 13.0 Å². The van der Waals surface area contributed by atoms with E-state index in [1.165, 1.54) is 4.90 Å². The van der Waals surface area contributed by atoms with Gasteiger partial charge in [0.25, 0.3) is 5.91 Å². The molecular weight excluding hydrogens is 216 g/mol. The normalized spacial score (nSPS) is 17.8. The first-order chi connectivity index (χ1) is 8.13. The first-order valence-corrected chi connectivity index (χ1v) is 5.53. The molecule has 3 amide bonds. The number of amides is 3. The Bertz CT molecular complexity index is 506. The number of likely N-dealkylation sites (N-methyl/N-ethyl adjacent to an activating group) is 1. The Kier molecular flexibility index (Phi) is 2.95. The maximum atomic E-state index is 11.8. The van der Waals surface area contributed by atoms with Crippen LogP contribution in [0.25, 0.3) is 6.08 Å². The summed E-state index contributed by atoms with van der Waals surface area (Å²) in [5.41, 5.74) is 2.34. The van der Waals surface area contributed by atoms with E-state index in [9.17, 15) is 9.59 Å². The molecule has 0 aromatic heterocycles. The van der Waals surface area contributed by atoms with Crippen molar-refractivity contribution in [2.45, 2.75) is 13.8 Å². The molecule has 1 aliphatic heterocycles. The van der Waals surface area contributed by atoms with Crippen molar-refractivity contribution in [3.8, 4) is 0 Å². The Hall–Kier alpha value is -2.10. The summed E-state index contributed by atoms with van der Waals surface area (Å²) in [5, 5.41) is 2.58.